The van der Waals surface area contributed by atoms with Crippen molar-refractivity contribution < 1.29 is 19.8 Å². The number of carbonyl (C=O) groups is 2. The van der Waals surface area contributed by atoms with Crippen LogP contribution in [0.25, 0.3) is 0 Å². The van der Waals surface area contributed by atoms with E-state index in [0.29, 0.717) is 19.5 Å². The van der Waals surface area contributed by atoms with Crippen LogP contribution in [0.5, 0.6) is 0 Å². The van der Waals surface area contributed by atoms with E-state index in [1.807, 2.05) is 38.1 Å². The third-order valence-corrected chi connectivity index (χ3v) is 4.24. The number of hydrogen-bond acceptors (Lipinski definition) is 4. The van der Waals surface area contributed by atoms with Gasteiger partial charge in [-0.15, -0.1) is 0 Å². The molecule has 1 aromatic rings. The molecule has 1 aromatic carbocycles. The van der Waals surface area contributed by atoms with Gasteiger partial charge in [-0.3, -0.25) is 4.79 Å². The fourth-order valence-corrected chi connectivity index (χ4v) is 2.61. The monoisotopic (exact) mass is 379 g/mol. The Balaban J connectivity index is 0.00000326. The van der Waals surface area contributed by atoms with Gasteiger partial charge in [0.2, 0.25) is 0 Å². The van der Waals surface area contributed by atoms with Crippen LogP contribution in [-0.2, 0) is 11.3 Å². The molecule has 3 N–H and O–H groups in total. The van der Waals surface area contributed by atoms with Crippen molar-refractivity contribution in [3.63, 3.8) is 0 Å². The van der Waals surface area contributed by atoms with Gasteiger partial charge in [0.15, 0.2) is 11.9 Å². The van der Waals surface area contributed by atoms with Crippen LogP contribution in [0.4, 0.5) is 0 Å². The van der Waals surface area contributed by atoms with E-state index in [1.165, 1.54) is 25.7 Å². The summed E-state index contributed by atoms with van der Waals surface area (Å²) in [5.74, 6) is -1.00. The molecule has 0 heterocycles. The lowest BCUT2D eigenvalue weighted by molar-refractivity contribution is -0.146. The van der Waals surface area contributed by atoms with Crippen LogP contribution in [-0.4, -0.2) is 34.6 Å². The summed E-state index contributed by atoms with van der Waals surface area (Å²) in [7, 11) is 0. The van der Waals surface area contributed by atoms with E-state index in [2.05, 4.69) is 12.2 Å². The number of aliphatic hydroxyl groups excluding tert-OH is 1. The minimum absolute atomic E-state index is 0.171. The van der Waals surface area contributed by atoms with Gasteiger partial charge in [-0.1, -0.05) is 77.1 Å². The van der Waals surface area contributed by atoms with Gasteiger partial charge in [0.1, 0.15) is 0 Å². The molecule has 0 aliphatic heterocycles. The second-order valence-corrected chi connectivity index (χ2v) is 6.46. The molecule has 0 spiro atoms. The number of aliphatic carboxylic acids is 1. The molecule has 5 nitrogen and oxygen atoms in total. The quantitative estimate of drug-likeness (QED) is 0.325. The van der Waals surface area contributed by atoms with Crippen LogP contribution >= 0.6 is 0 Å². The Morgan fingerprint density at radius 1 is 1.00 bits per heavy atom. The summed E-state index contributed by atoms with van der Waals surface area (Å²) in [4.78, 5) is 22.6. The first-order chi connectivity index (χ1) is 13.0. The zero-order valence-electron chi connectivity index (χ0n) is 17.2. The van der Waals surface area contributed by atoms with Crippen LogP contribution in [0.2, 0.25) is 0 Å². The van der Waals surface area contributed by atoms with E-state index in [1.54, 1.807) is 0 Å². The minimum atomic E-state index is -1.32. The average molecular weight is 380 g/mol. The number of rotatable bonds is 14. The average Bonchev–Trinajstić information content (AvgIpc) is 2.69. The maximum atomic E-state index is 12.1. The molecule has 0 bridgehead atoms. The molecule has 27 heavy (non-hydrogen) atoms. The van der Waals surface area contributed by atoms with Gasteiger partial charge in [-0.05, 0) is 24.9 Å². The van der Waals surface area contributed by atoms with Gasteiger partial charge in [0.05, 0.1) is 0 Å². The Kier molecular flexibility index (Phi) is 15.4. The predicted octanol–water partition coefficient (Wildman–Crippen LogP) is 4.57. The third-order valence-electron chi connectivity index (χ3n) is 4.24. The summed E-state index contributed by atoms with van der Waals surface area (Å²) in [6.45, 7) is 7.20. The smallest absolute Gasteiger partial charge is 0.332 e. The van der Waals surface area contributed by atoms with Crippen molar-refractivity contribution in [1.29, 1.82) is 0 Å². The second-order valence-electron chi connectivity index (χ2n) is 6.46. The standard InChI is InChI=1S/C20H31NO4.C2H6/c1-2-3-4-5-6-7-8-18(22)17-11-9-16(10-12-17)15-21-14-13-19(23)20(24)25;1-2/h9-12,19,21,23H,2-8,13-15H2,1H3,(H,24,25);1-2H3. The van der Waals surface area contributed by atoms with Crippen molar-refractivity contribution >= 4 is 11.8 Å². The van der Waals surface area contributed by atoms with Crippen LogP contribution in [0.1, 0.15) is 88.1 Å². The van der Waals surface area contributed by atoms with Crippen LogP contribution < -0.4 is 5.32 Å². The van der Waals surface area contributed by atoms with Crippen LogP contribution in [0.15, 0.2) is 24.3 Å². The SMILES string of the molecule is CC.CCCCCCCCC(=O)c1ccc(CNCCC(O)C(=O)O)cc1. The van der Waals surface area contributed by atoms with Crippen molar-refractivity contribution in [2.75, 3.05) is 6.54 Å². The van der Waals surface area contributed by atoms with E-state index < -0.39 is 12.1 Å². The Morgan fingerprint density at radius 2 is 1.59 bits per heavy atom. The van der Waals surface area contributed by atoms with E-state index in [-0.39, 0.29) is 12.2 Å². The molecule has 0 saturated carbocycles. The van der Waals surface area contributed by atoms with Gasteiger partial charge in [0.25, 0.3) is 0 Å². The summed E-state index contributed by atoms with van der Waals surface area (Å²) < 4.78 is 0. The first kappa shape index (κ1) is 25.3. The van der Waals surface area contributed by atoms with Crippen molar-refractivity contribution in [3.05, 3.63) is 35.4 Å². The maximum Gasteiger partial charge on any atom is 0.332 e. The number of aliphatic hydroxyl groups is 1. The maximum absolute atomic E-state index is 12.1. The number of carbonyl (C=O) groups excluding carboxylic acids is 1. The summed E-state index contributed by atoms with van der Waals surface area (Å²) in [6, 6.07) is 7.52. The number of Topliss-reactive ketones (excluding diaryl/α,β-unsaturated/α-hetero) is 1. The lowest BCUT2D eigenvalue weighted by Crippen LogP contribution is -2.25. The molecule has 0 fully saturated rings. The zero-order chi connectivity index (χ0) is 20.5. The highest BCUT2D eigenvalue weighted by Crippen LogP contribution is 2.12. The number of carboxylic acids is 1. The Labute approximate surface area is 164 Å². The van der Waals surface area contributed by atoms with E-state index in [9.17, 15) is 14.7 Å². The van der Waals surface area contributed by atoms with Gasteiger partial charge in [-0.25, -0.2) is 4.79 Å². The van der Waals surface area contributed by atoms with Crippen molar-refractivity contribution in [2.45, 2.75) is 84.8 Å². The first-order valence-corrected chi connectivity index (χ1v) is 10.3. The highest BCUT2D eigenvalue weighted by Gasteiger charge is 2.11. The van der Waals surface area contributed by atoms with Crippen molar-refractivity contribution in [3.8, 4) is 0 Å². The first-order valence-electron chi connectivity index (χ1n) is 10.3. The summed E-state index contributed by atoms with van der Waals surface area (Å²) in [5.41, 5.74) is 1.78. The lowest BCUT2D eigenvalue weighted by Gasteiger charge is -2.08. The van der Waals surface area contributed by atoms with Crippen molar-refractivity contribution in [1.82, 2.24) is 5.32 Å². The number of nitrogens with one attached hydrogen (secondary N) is 1. The van der Waals surface area contributed by atoms with E-state index in [0.717, 1.165) is 24.0 Å². The molecule has 1 unspecified atom stereocenters. The molecule has 0 amide bonds. The van der Waals surface area contributed by atoms with E-state index in [4.69, 9.17) is 5.11 Å². The Hall–Kier alpha value is -1.72. The van der Waals surface area contributed by atoms with Gasteiger partial charge >= 0.3 is 5.97 Å². The second kappa shape index (κ2) is 16.5. The van der Waals surface area contributed by atoms with Crippen LogP contribution in [0, 0.1) is 0 Å². The molecule has 0 radical (unpaired) electrons. The number of benzene rings is 1. The molecule has 1 atom stereocenters. The number of carboxylic acid groups (broad SMARTS) is 1. The highest BCUT2D eigenvalue weighted by atomic mass is 16.4. The normalized spacial score (nSPS) is 11.4. The van der Waals surface area contributed by atoms with Gasteiger partial charge in [-0.2, -0.15) is 0 Å². The molecule has 0 aliphatic carbocycles. The topological polar surface area (TPSA) is 86.6 Å². The molecule has 5 heteroatoms. The minimum Gasteiger partial charge on any atom is -0.479 e. The molecule has 154 valence electrons. The zero-order valence-corrected chi connectivity index (χ0v) is 17.2. The van der Waals surface area contributed by atoms with Gasteiger partial charge < -0.3 is 15.5 Å². The lowest BCUT2D eigenvalue weighted by atomic mass is 10.0. The fourth-order valence-electron chi connectivity index (χ4n) is 2.61. The van der Waals surface area contributed by atoms with Crippen molar-refractivity contribution in [2.24, 2.45) is 0 Å². The predicted molar refractivity (Wildman–Crippen MR) is 110 cm³/mol. The number of unbranched alkanes of at least 4 members (excludes halogenated alkanes) is 5. The largest absolute Gasteiger partial charge is 0.479 e. The molecule has 0 aliphatic rings. The molecular formula is C22H37NO4. The fraction of sp³-hybridized carbons (Fsp3) is 0.636. The number of ketones is 1. The summed E-state index contributed by atoms with van der Waals surface area (Å²) in [6.07, 6.45) is 6.51. The number of hydrogen-bond donors (Lipinski definition) is 3. The van der Waals surface area contributed by atoms with E-state index >= 15 is 0 Å². The molecular weight excluding hydrogens is 342 g/mol. The summed E-state index contributed by atoms with van der Waals surface area (Å²) >= 11 is 0. The summed E-state index contributed by atoms with van der Waals surface area (Å²) in [5, 5.41) is 20.8. The van der Waals surface area contributed by atoms with Crippen LogP contribution in [0.3, 0.4) is 0 Å². The molecule has 1 rings (SSSR count). The highest BCUT2D eigenvalue weighted by molar-refractivity contribution is 5.96. The molecule has 0 saturated heterocycles. The molecule has 0 aromatic heterocycles. The Bertz CT molecular complexity index is 514. The van der Waals surface area contributed by atoms with Gasteiger partial charge in [0, 0.05) is 18.5 Å². The third kappa shape index (κ3) is 12.3. The Morgan fingerprint density at radius 3 is 2.19 bits per heavy atom.